The number of aromatic carboxylic acids is 1. The average Bonchev–Trinajstić information content (AvgIpc) is 3.79. The molecule has 1 aromatic carbocycles. The predicted molar refractivity (Wildman–Crippen MR) is 169 cm³/mol. The Morgan fingerprint density at radius 1 is 1.07 bits per heavy atom. The Bertz CT molecular complexity index is 1720. The van der Waals surface area contributed by atoms with Gasteiger partial charge in [-0.2, -0.15) is 0 Å². The van der Waals surface area contributed by atoms with Crippen LogP contribution in [0.5, 0.6) is 11.6 Å². The van der Waals surface area contributed by atoms with Crippen LogP contribution in [-0.4, -0.2) is 44.5 Å². The van der Waals surface area contributed by atoms with Crippen LogP contribution in [-0.2, 0) is 11.3 Å². The van der Waals surface area contributed by atoms with Gasteiger partial charge in [0, 0.05) is 40.2 Å². The van der Waals surface area contributed by atoms with Gasteiger partial charge in [-0.05, 0) is 88.8 Å². The maximum atomic E-state index is 11.6. The third-order valence-corrected chi connectivity index (χ3v) is 10.2. The van der Waals surface area contributed by atoms with Gasteiger partial charge < -0.3 is 23.8 Å². The topological polar surface area (TPSA) is 117 Å². The molecule has 3 aromatic heterocycles. The van der Waals surface area contributed by atoms with Gasteiger partial charge in [-0.3, -0.25) is 4.98 Å². The number of nitrogens with zero attached hydrogens (tertiary/aromatic N) is 3. The molecule has 0 amide bonds. The fourth-order valence-electron chi connectivity index (χ4n) is 6.79. The Morgan fingerprint density at radius 3 is 2.42 bits per heavy atom. The molecule has 4 aliphatic carbocycles. The van der Waals surface area contributed by atoms with Crippen LogP contribution in [0.15, 0.2) is 41.2 Å². The van der Waals surface area contributed by atoms with Crippen molar-refractivity contribution in [3.8, 4) is 22.9 Å². The standard InChI is InChI=1S/C34H35Cl2N3O6/c1-19(2)44-31-23-14-22(6-5-21(23)13-27(38-31)32(40)41)42-18-33-7-10-34(11-8-33,12-9-33)43-17-24-29(39-45-30(24)20-3-4-20)28-25(35)15-37-16-26(28)36/h5-6,13-16,19-20H,3-4,7-12,17-18H2,1-2H3,(H,40,41). The number of halogens is 2. The van der Waals surface area contributed by atoms with Crippen LogP contribution in [0.3, 0.4) is 0 Å². The molecule has 4 fully saturated rings. The molecule has 0 radical (unpaired) electrons. The summed E-state index contributed by atoms with van der Waals surface area (Å²) in [4.78, 5) is 19.9. The van der Waals surface area contributed by atoms with Crippen molar-refractivity contribution in [1.82, 2.24) is 15.1 Å². The van der Waals surface area contributed by atoms with E-state index in [9.17, 15) is 9.90 Å². The minimum atomic E-state index is -1.09. The van der Waals surface area contributed by atoms with Gasteiger partial charge in [-0.25, -0.2) is 9.78 Å². The van der Waals surface area contributed by atoms with Crippen LogP contribution in [0, 0.1) is 5.41 Å². The minimum Gasteiger partial charge on any atom is -0.493 e. The van der Waals surface area contributed by atoms with Gasteiger partial charge in [0.2, 0.25) is 5.88 Å². The molecular formula is C34H35Cl2N3O6. The second-order valence-corrected chi connectivity index (χ2v) is 13.9. The number of pyridine rings is 2. The zero-order valence-electron chi connectivity index (χ0n) is 25.3. The molecule has 8 rings (SSSR count). The SMILES string of the molecule is CC(C)Oc1nc(C(=O)O)cc2ccc(OCC34CCC(OCc5c(-c6c(Cl)cncc6Cl)noc5C5CC5)(CC3)CC4)cc12. The molecule has 0 aliphatic heterocycles. The molecule has 236 valence electrons. The molecule has 9 nitrogen and oxygen atoms in total. The van der Waals surface area contributed by atoms with Crippen molar-refractivity contribution in [3.05, 3.63) is 63.7 Å². The Kier molecular flexibility index (Phi) is 7.90. The first-order valence-electron chi connectivity index (χ1n) is 15.5. The van der Waals surface area contributed by atoms with Gasteiger partial charge in [0.05, 0.1) is 35.0 Å². The normalized spacial score (nSPS) is 22.7. The van der Waals surface area contributed by atoms with Crippen molar-refractivity contribution in [3.63, 3.8) is 0 Å². The summed E-state index contributed by atoms with van der Waals surface area (Å²) in [5.74, 6) is 1.17. The highest BCUT2D eigenvalue weighted by molar-refractivity contribution is 6.38. The highest BCUT2D eigenvalue weighted by Gasteiger charge is 2.50. The van der Waals surface area contributed by atoms with E-state index in [1.54, 1.807) is 18.5 Å². The quantitative estimate of drug-likeness (QED) is 0.170. The molecule has 3 heterocycles. The van der Waals surface area contributed by atoms with Crippen molar-refractivity contribution < 1.29 is 28.6 Å². The van der Waals surface area contributed by atoms with Crippen molar-refractivity contribution in [2.24, 2.45) is 5.41 Å². The summed E-state index contributed by atoms with van der Waals surface area (Å²) < 4.78 is 24.9. The highest BCUT2D eigenvalue weighted by atomic mass is 35.5. The number of benzene rings is 1. The van der Waals surface area contributed by atoms with Crippen LogP contribution in [0.25, 0.3) is 22.0 Å². The fourth-order valence-corrected chi connectivity index (χ4v) is 7.34. The fraction of sp³-hybridized carbons (Fsp3) is 0.471. The lowest BCUT2D eigenvalue weighted by Gasteiger charge is -2.52. The number of aromatic nitrogens is 3. The molecule has 2 bridgehead atoms. The van der Waals surface area contributed by atoms with Crippen LogP contribution >= 0.6 is 23.2 Å². The molecule has 4 aromatic rings. The number of carboxylic acid groups (broad SMARTS) is 1. The number of carboxylic acids is 1. The molecule has 4 saturated carbocycles. The van der Waals surface area contributed by atoms with E-state index < -0.39 is 5.97 Å². The highest BCUT2D eigenvalue weighted by Crippen LogP contribution is 2.55. The van der Waals surface area contributed by atoms with Crippen molar-refractivity contribution in [2.45, 2.75) is 89.4 Å². The molecule has 45 heavy (non-hydrogen) atoms. The Balaban J connectivity index is 1.03. The molecular weight excluding hydrogens is 617 g/mol. The van der Waals surface area contributed by atoms with Gasteiger partial charge in [0.25, 0.3) is 0 Å². The van der Waals surface area contributed by atoms with Crippen LogP contribution < -0.4 is 9.47 Å². The summed E-state index contributed by atoms with van der Waals surface area (Å²) in [5.41, 5.74) is 2.07. The van der Waals surface area contributed by atoms with Crippen molar-refractivity contribution in [2.75, 3.05) is 6.61 Å². The number of carbonyl (C=O) groups is 1. The maximum absolute atomic E-state index is 11.6. The second kappa shape index (κ2) is 11.8. The van der Waals surface area contributed by atoms with E-state index in [1.807, 2.05) is 32.0 Å². The van der Waals surface area contributed by atoms with Crippen molar-refractivity contribution >= 4 is 39.9 Å². The molecule has 4 aliphatic rings. The monoisotopic (exact) mass is 651 g/mol. The van der Waals surface area contributed by atoms with Crippen molar-refractivity contribution in [1.29, 1.82) is 0 Å². The number of rotatable bonds is 11. The third-order valence-electron chi connectivity index (χ3n) is 9.59. The summed E-state index contributed by atoms with van der Waals surface area (Å²) in [6, 6.07) is 7.21. The largest absolute Gasteiger partial charge is 0.493 e. The van der Waals surface area contributed by atoms with Gasteiger partial charge in [0.1, 0.15) is 17.2 Å². The van der Waals surface area contributed by atoms with E-state index in [1.165, 1.54) is 0 Å². The predicted octanol–water partition coefficient (Wildman–Crippen LogP) is 8.64. The van der Waals surface area contributed by atoms with E-state index in [0.29, 0.717) is 46.3 Å². The lowest BCUT2D eigenvalue weighted by molar-refractivity contribution is -0.150. The molecule has 1 N–H and O–H groups in total. The molecule has 0 saturated heterocycles. The Hall–Kier alpha value is -3.40. The van der Waals surface area contributed by atoms with Gasteiger partial charge in [0.15, 0.2) is 5.69 Å². The zero-order chi connectivity index (χ0) is 31.3. The third kappa shape index (κ3) is 5.98. The van der Waals surface area contributed by atoms with E-state index in [2.05, 4.69) is 15.1 Å². The average molecular weight is 653 g/mol. The number of hydrogen-bond donors (Lipinski definition) is 1. The van der Waals surface area contributed by atoms with E-state index in [4.69, 9.17) is 41.9 Å². The number of hydrogen-bond acceptors (Lipinski definition) is 8. The number of ether oxygens (including phenoxy) is 3. The summed E-state index contributed by atoms with van der Waals surface area (Å²) in [7, 11) is 0. The molecule has 0 spiro atoms. The minimum absolute atomic E-state index is 0.0465. The lowest BCUT2D eigenvalue weighted by atomic mass is 9.59. The summed E-state index contributed by atoms with van der Waals surface area (Å²) in [6.07, 6.45) is 11.1. The molecule has 11 heteroatoms. The smallest absolute Gasteiger partial charge is 0.354 e. The molecule has 0 atom stereocenters. The second-order valence-electron chi connectivity index (χ2n) is 13.1. The maximum Gasteiger partial charge on any atom is 0.354 e. The Labute approximate surface area is 271 Å². The summed E-state index contributed by atoms with van der Waals surface area (Å²) in [6.45, 7) is 4.79. The van der Waals surface area contributed by atoms with Gasteiger partial charge >= 0.3 is 5.97 Å². The zero-order valence-corrected chi connectivity index (χ0v) is 26.8. The first-order valence-corrected chi connectivity index (χ1v) is 16.3. The first kappa shape index (κ1) is 30.3. The van der Waals surface area contributed by atoms with Gasteiger partial charge in [-0.1, -0.05) is 34.4 Å². The summed E-state index contributed by atoms with van der Waals surface area (Å²) in [5, 5.41) is 16.2. The summed E-state index contributed by atoms with van der Waals surface area (Å²) >= 11 is 13.0. The number of fused-ring (bicyclic) bond motifs is 4. The van der Waals surface area contributed by atoms with E-state index >= 15 is 0 Å². The van der Waals surface area contributed by atoms with Crippen LogP contribution in [0.1, 0.15) is 92.9 Å². The van der Waals surface area contributed by atoms with E-state index in [0.717, 1.165) is 79.2 Å². The van der Waals surface area contributed by atoms with E-state index in [-0.39, 0.29) is 22.8 Å². The van der Waals surface area contributed by atoms with Crippen LogP contribution in [0.2, 0.25) is 10.0 Å². The first-order chi connectivity index (χ1) is 21.6. The van der Waals surface area contributed by atoms with Gasteiger partial charge in [-0.15, -0.1) is 0 Å². The molecule has 0 unspecified atom stereocenters. The lowest BCUT2D eigenvalue weighted by Crippen LogP contribution is -2.49. The Morgan fingerprint density at radius 2 is 1.78 bits per heavy atom. The van der Waals surface area contributed by atoms with Crippen LogP contribution in [0.4, 0.5) is 0 Å².